The predicted octanol–water partition coefficient (Wildman–Crippen LogP) is 2.52. The maximum atomic E-state index is 9.09. The molecule has 1 saturated carbocycles. The minimum absolute atomic E-state index is 0.181. The molecule has 4 rings (SSSR count). The minimum atomic E-state index is 0.181. The number of aromatic amines is 1. The zero-order valence-electron chi connectivity index (χ0n) is 13.8. The molecule has 2 aliphatic rings. The molecule has 1 aromatic heterocycles. The van der Waals surface area contributed by atoms with E-state index in [0.717, 1.165) is 36.7 Å². The van der Waals surface area contributed by atoms with Crippen molar-refractivity contribution in [2.24, 2.45) is 0 Å². The van der Waals surface area contributed by atoms with E-state index in [4.69, 9.17) is 15.0 Å². The fourth-order valence-electron chi connectivity index (χ4n) is 3.43. The standard InChI is InChI=1S/C18H21N5O/c1-24-15-8-16(18-20-17(21-22-18)14-5-6-14)23(11-15)10-13-4-2-3-12(7-13)9-19/h2-4,7,14-16H,5-6,8,10-11H2,1H3,(H,20,21,22)/t15-,16+/m1/s1. The van der Waals surface area contributed by atoms with Gasteiger partial charge < -0.3 is 4.74 Å². The highest BCUT2D eigenvalue weighted by Crippen LogP contribution is 2.39. The maximum absolute atomic E-state index is 9.09. The van der Waals surface area contributed by atoms with E-state index in [2.05, 4.69) is 27.2 Å². The largest absolute Gasteiger partial charge is 0.380 e. The number of ether oxygens (including phenoxy) is 1. The molecule has 124 valence electrons. The lowest BCUT2D eigenvalue weighted by Gasteiger charge is -2.22. The molecule has 1 aromatic carbocycles. The van der Waals surface area contributed by atoms with Gasteiger partial charge in [-0.1, -0.05) is 12.1 Å². The van der Waals surface area contributed by atoms with Crippen LogP contribution in [0.4, 0.5) is 0 Å². The Morgan fingerprint density at radius 3 is 3.04 bits per heavy atom. The molecule has 2 heterocycles. The second-order valence-corrected chi connectivity index (χ2v) is 6.70. The van der Waals surface area contributed by atoms with E-state index in [-0.39, 0.29) is 12.1 Å². The highest BCUT2D eigenvalue weighted by atomic mass is 16.5. The molecule has 1 aliphatic heterocycles. The van der Waals surface area contributed by atoms with E-state index in [1.54, 1.807) is 7.11 Å². The van der Waals surface area contributed by atoms with Gasteiger partial charge in [0.05, 0.1) is 23.8 Å². The van der Waals surface area contributed by atoms with Crippen molar-refractivity contribution in [3.63, 3.8) is 0 Å². The van der Waals surface area contributed by atoms with Crippen LogP contribution in [0.5, 0.6) is 0 Å². The SMILES string of the molecule is CO[C@@H]1C[C@@H](c2nc(C3CC3)n[nH]2)N(Cc2cccc(C#N)c2)C1. The number of nitrogens with zero attached hydrogens (tertiary/aromatic N) is 4. The second-order valence-electron chi connectivity index (χ2n) is 6.70. The van der Waals surface area contributed by atoms with Gasteiger partial charge in [-0.25, -0.2) is 4.98 Å². The highest BCUT2D eigenvalue weighted by molar-refractivity contribution is 5.32. The summed E-state index contributed by atoms with van der Waals surface area (Å²) in [6.07, 6.45) is 3.51. The Morgan fingerprint density at radius 1 is 1.42 bits per heavy atom. The van der Waals surface area contributed by atoms with Crippen molar-refractivity contribution in [1.29, 1.82) is 5.26 Å². The smallest absolute Gasteiger partial charge is 0.153 e. The molecule has 0 bridgehead atoms. The van der Waals surface area contributed by atoms with Gasteiger partial charge in [0, 0.05) is 26.1 Å². The summed E-state index contributed by atoms with van der Waals surface area (Å²) in [7, 11) is 1.76. The molecule has 0 amide bonds. The maximum Gasteiger partial charge on any atom is 0.153 e. The first-order valence-corrected chi connectivity index (χ1v) is 8.45. The average molecular weight is 323 g/mol. The Labute approximate surface area is 141 Å². The first-order chi connectivity index (χ1) is 11.8. The number of H-pyrrole nitrogens is 1. The number of hydrogen-bond acceptors (Lipinski definition) is 5. The number of nitriles is 1. The normalized spacial score (nSPS) is 24.2. The van der Waals surface area contributed by atoms with Crippen molar-refractivity contribution < 1.29 is 4.74 Å². The van der Waals surface area contributed by atoms with Crippen LogP contribution in [0.2, 0.25) is 0 Å². The quantitative estimate of drug-likeness (QED) is 0.915. The molecule has 1 aliphatic carbocycles. The molecule has 2 aromatic rings. The van der Waals surface area contributed by atoms with Crippen LogP contribution in [0.25, 0.3) is 0 Å². The van der Waals surface area contributed by atoms with Gasteiger partial charge in [0.1, 0.15) is 5.82 Å². The summed E-state index contributed by atoms with van der Waals surface area (Å²) < 4.78 is 5.59. The Morgan fingerprint density at radius 2 is 2.29 bits per heavy atom. The summed E-state index contributed by atoms with van der Waals surface area (Å²) in [4.78, 5) is 7.10. The molecule has 1 saturated heterocycles. The molecule has 1 N–H and O–H groups in total. The third-order valence-electron chi connectivity index (χ3n) is 4.92. The molecule has 2 atom stereocenters. The summed E-state index contributed by atoms with van der Waals surface area (Å²) >= 11 is 0. The summed E-state index contributed by atoms with van der Waals surface area (Å²) in [5.41, 5.74) is 1.83. The molecule has 6 nitrogen and oxygen atoms in total. The van der Waals surface area contributed by atoms with Crippen LogP contribution in [0, 0.1) is 11.3 Å². The number of benzene rings is 1. The van der Waals surface area contributed by atoms with E-state index < -0.39 is 0 Å². The van der Waals surface area contributed by atoms with E-state index in [9.17, 15) is 0 Å². The van der Waals surface area contributed by atoms with E-state index in [1.807, 2.05) is 18.2 Å². The molecule has 6 heteroatoms. The lowest BCUT2D eigenvalue weighted by Crippen LogP contribution is -2.25. The Hall–Kier alpha value is -2.23. The third kappa shape index (κ3) is 3.05. The summed E-state index contributed by atoms with van der Waals surface area (Å²) in [6, 6.07) is 10.2. The van der Waals surface area contributed by atoms with Crippen LogP contribution in [0.15, 0.2) is 24.3 Å². The van der Waals surface area contributed by atoms with Crippen LogP contribution < -0.4 is 0 Å². The summed E-state index contributed by atoms with van der Waals surface area (Å²) in [6.45, 7) is 1.64. The fourth-order valence-corrected chi connectivity index (χ4v) is 3.43. The van der Waals surface area contributed by atoms with Crippen molar-refractivity contribution in [3.05, 3.63) is 47.0 Å². The number of nitrogens with one attached hydrogen (secondary N) is 1. The molecular weight excluding hydrogens is 302 g/mol. The van der Waals surface area contributed by atoms with Gasteiger partial charge >= 0.3 is 0 Å². The van der Waals surface area contributed by atoms with Gasteiger partial charge in [0.25, 0.3) is 0 Å². The number of hydrogen-bond donors (Lipinski definition) is 1. The van der Waals surface area contributed by atoms with Crippen LogP contribution in [-0.4, -0.2) is 39.8 Å². The van der Waals surface area contributed by atoms with Crippen LogP contribution in [-0.2, 0) is 11.3 Å². The first-order valence-electron chi connectivity index (χ1n) is 8.45. The first kappa shape index (κ1) is 15.3. The topological polar surface area (TPSA) is 77.8 Å². The van der Waals surface area contributed by atoms with Gasteiger partial charge in [-0.05, 0) is 37.0 Å². The molecule has 0 spiro atoms. The molecule has 0 unspecified atom stereocenters. The number of rotatable bonds is 5. The van der Waals surface area contributed by atoms with Crippen molar-refractivity contribution in [2.45, 2.75) is 43.9 Å². The van der Waals surface area contributed by atoms with E-state index in [0.29, 0.717) is 11.5 Å². The van der Waals surface area contributed by atoms with Crippen LogP contribution in [0.3, 0.4) is 0 Å². The predicted molar refractivity (Wildman–Crippen MR) is 88.1 cm³/mol. The van der Waals surface area contributed by atoms with Gasteiger partial charge in [-0.3, -0.25) is 10.00 Å². The molecule has 24 heavy (non-hydrogen) atoms. The zero-order valence-corrected chi connectivity index (χ0v) is 13.8. The van der Waals surface area contributed by atoms with Crippen molar-refractivity contribution >= 4 is 0 Å². The zero-order chi connectivity index (χ0) is 16.5. The molecular formula is C18H21N5O. The molecule has 2 fully saturated rings. The Kier molecular flexibility index (Phi) is 4.05. The van der Waals surface area contributed by atoms with E-state index in [1.165, 1.54) is 12.8 Å². The summed E-state index contributed by atoms with van der Waals surface area (Å²) in [5, 5.41) is 16.6. The number of aromatic nitrogens is 3. The lowest BCUT2D eigenvalue weighted by atomic mass is 10.1. The fraction of sp³-hybridized carbons (Fsp3) is 0.500. The van der Waals surface area contributed by atoms with Gasteiger partial charge in [-0.2, -0.15) is 10.4 Å². The van der Waals surface area contributed by atoms with Crippen molar-refractivity contribution in [3.8, 4) is 6.07 Å². The average Bonchev–Trinajstić information content (AvgIpc) is 3.20. The van der Waals surface area contributed by atoms with Crippen LogP contribution in [0.1, 0.15) is 54.0 Å². The third-order valence-corrected chi connectivity index (χ3v) is 4.92. The van der Waals surface area contributed by atoms with Gasteiger partial charge in [0.2, 0.25) is 0 Å². The van der Waals surface area contributed by atoms with Crippen LogP contribution >= 0.6 is 0 Å². The van der Waals surface area contributed by atoms with Crippen molar-refractivity contribution in [2.75, 3.05) is 13.7 Å². The van der Waals surface area contributed by atoms with Gasteiger partial charge in [-0.15, -0.1) is 0 Å². The Bertz CT molecular complexity index is 761. The minimum Gasteiger partial charge on any atom is -0.380 e. The Balaban J connectivity index is 1.55. The summed E-state index contributed by atoms with van der Waals surface area (Å²) in [5.74, 6) is 2.44. The highest BCUT2D eigenvalue weighted by Gasteiger charge is 2.36. The lowest BCUT2D eigenvalue weighted by molar-refractivity contribution is 0.107. The number of methoxy groups -OCH3 is 1. The monoisotopic (exact) mass is 323 g/mol. The van der Waals surface area contributed by atoms with Gasteiger partial charge in [0.15, 0.2) is 5.82 Å². The number of likely N-dealkylation sites (tertiary alicyclic amines) is 1. The van der Waals surface area contributed by atoms with Crippen molar-refractivity contribution in [1.82, 2.24) is 20.1 Å². The molecule has 0 radical (unpaired) electrons. The van der Waals surface area contributed by atoms with E-state index >= 15 is 0 Å². The second kappa shape index (κ2) is 6.34.